The first-order valence-electron chi connectivity index (χ1n) is 5.10. The van der Waals surface area contributed by atoms with Crippen molar-refractivity contribution in [3.05, 3.63) is 24.3 Å². The van der Waals surface area contributed by atoms with Gasteiger partial charge >= 0.3 is 0 Å². The molecule has 0 unspecified atom stereocenters. The highest BCUT2D eigenvalue weighted by Crippen LogP contribution is 2.24. The number of nitrogens with one attached hydrogen (secondary N) is 1. The zero-order valence-electron chi connectivity index (χ0n) is 9.78. The molecule has 0 radical (unpaired) electrons. The summed E-state index contributed by atoms with van der Waals surface area (Å²) in [5.41, 5.74) is -0.289. The Morgan fingerprint density at radius 1 is 1.44 bits per heavy atom. The molecule has 1 amide bonds. The van der Waals surface area contributed by atoms with Gasteiger partial charge < -0.3 is 15.2 Å². The highest BCUT2D eigenvalue weighted by Gasteiger charge is 2.14. The number of para-hydroxylation sites is 2. The van der Waals surface area contributed by atoms with Crippen LogP contribution in [0.4, 0.5) is 5.69 Å². The highest BCUT2D eigenvalue weighted by atomic mass is 16.5. The van der Waals surface area contributed by atoms with Crippen LogP contribution in [-0.2, 0) is 4.79 Å². The van der Waals surface area contributed by atoms with Crippen molar-refractivity contribution in [3.63, 3.8) is 0 Å². The lowest BCUT2D eigenvalue weighted by atomic mass is 10.2. The summed E-state index contributed by atoms with van der Waals surface area (Å²) in [5, 5.41) is 12.2. The summed E-state index contributed by atoms with van der Waals surface area (Å²) in [6, 6.07) is 7.12. The van der Waals surface area contributed by atoms with Crippen LogP contribution in [0.1, 0.15) is 20.8 Å². The van der Waals surface area contributed by atoms with Crippen LogP contribution >= 0.6 is 0 Å². The first kappa shape index (κ1) is 12.5. The predicted molar refractivity (Wildman–Crippen MR) is 62.5 cm³/mol. The van der Waals surface area contributed by atoms with Crippen LogP contribution in [0.15, 0.2) is 24.3 Å². The Morgan fingerprint density at radius 3 is 2.62 bits per heavy atom. The van der Waals surface area contributed by atoms with E-state index < -0.39 is 5.60 Å². The molecule has 0 spiro atoms. The zero-order chi connectivity index (χ0) is 12.2. The highest BCUT2D eigenvalue weighted by molar-refractivity contribution is 5.90. The van der Waals surface area contributed by atoms with Gasteiger partial charge in [0.15, 0.2) is 0 Å². The summed E-state index contributed by atoms with van der Waals surface area (Å²) in [4.78, 5) is 11.0. The molecule has 0 heterocycles. The lowest BCUT2D eigenvalue weighted by Gasteiger charge is -2.19. The van der Waals surface area contributed by atoms with Gasteiger partial charge in [0.2, 0.25) is 5.91 Å². The van der Waals surface area contributed by atoms with Crippen molar-refractivity contribution in [2.75, 3.05) is 11.9 Å². The quantitative estimate of drug-likeness (QED) is 0.818. The molecule has 0 fully saturated rings. The number of carbonyl (C=O) groups excluding carboxylic acids is 1. The second-order valence-corrected chi connectivity index (χ2v) is 4.28. The van der Waals surface area contributed by atoms with Gasteiger partial charge in [0.05, 0.1) is 11.3 Å². The molecule has 0 saturated carbocycles. The number of hydrogen-bond acceptors (Lipinski definition) is 3. The second-order valence-electron chi connectivity index (χ2n) is 4.28. The van der Waals surface area contributed by atoms with Gasteiger partial charge in [0.1, 0.15) is 12.4 Å². The molecular formula is C12H17NO3. The van der Waals surface area contributed by atoms with E-state index in [1.54, 1.807) is 26.0 Å². The lowest BCUT2D eigenvalue weighted by Crippen LogP contribution is -2.28. The van der Waals surface area contributed by atoms with Gasteiger partial charge in [0.25, 0.3) is 0 Å². The van der Waals surface area contributed by atoms with E-state index in [1.165, 1.54) is 6.92 Å². The molecule has 1 rings (SSSR count). The number of rotatable bonds is 4. The standard InChI is InChI=1S/C12H17NO3/c1-9(14)13-10-6-4-5-7-11(10)16-8-12(2,3)15/h4-7,15H,8H2,1-3H3,(H,13,14). The van der Waals surface area contributed by atoms with Crippen LogP contribution < -0.4 is 10.1 Å². The van der Waals surface area contributed by atoms with Crippen molar-refractivity contribution >= 4 is 11.6 Å². The minimum absolute atomic E-state index is 0.153. The molecule has 1 aromatic rings. The van der Waals surface area contributed by atoms with Crippen LogP contribution in [-0.4, -0.2) is 23.2 Å². The molecule has 1 aromatic carbocycles. The Bertz CT molecular complexity index is 369. The van der Waals surface area contributed by atoms with Crippen LogP contribution in [0.5, 0.6) is 5.75 Å². The molecule has 0 aromatic heterocycles. The van der Waals surface area contributed by atoms with E-state index in [1.807, 2.05) is 12.1 Å². The number of hydrogen-bond donors (Lipinski definition) is 2. The molecule has 0 bridgehead atoms. The topological polar surface area (TPSA) is 58.6 Å². The van der Waals surface area contributed by atoms with E-state index in [2.05, 4.69) is 5.32 Å². The molecule has 0 aliphatic heterocycles. The third kappa shape index (κ3) is 4.31. The average Bonchev–Trinajstić information content (AvgIpc) is 2.14. The van der Waals surface area contributed by atoms with Gasteiger partial charge in [-0.1, -0.05) is 12.1 Å². The molecule has 2 N–H and O–H groups in total. The number of benzene rings is 1. The van der Waals surface area contributed by atoms with E-state index in [9.17, 15) is 9.90 Å². The van der Waals surface area contributed by atoms with Gasteiger partial charge in [-0.05, 0) is 26.0 Å². The number of carbonyl (C=O) groups is 1. The van der Waals surface area contributed by atoms with Crippen molar-refractivity contribution in [2.24, 2.45) is 0 Å². The second kappa shape index (κ2) is 4.99. The molecular weight excluding hydrogens is 206 g/mol. The van der Waals surface area contributed by atoms with Gasteiger partial charge in [-0.2, -0.15) is 0 Å². The number of amides is 1. The van der Waals surface area contributed by atoms with Crippen LogP contribution in [0.2, 0.25) is 0 Å². The Hall–Kier alpha value is -1.55. The molecule has 0 aliphatic carbocycles. The first-order chi connectivity index (χ1) is 7.38. The van der Waals surface area contributed by atoms with Crippen molar-refractivity contribution in [2.45, 2.75) is 26.4 Å². The van der Waals surface area contributed by atoms with E-state index in [-0.39, 0.29) is 12.5 Å². The molecule has 0 saturated heterocycles. The SMILES string of the molecule is CC(=O)Nc1ccccc1OCC(C)(C)O. The zero-order valence-corrected chi connectivity index (χ0v) is 9.78. The summed E-state index contributed by atoms with van der Waals surface area (Å²) < 4.78 is 5.44. The number of anilines is 1. The Labute approximate surface area is 95.2 Å². The fourth-order valence-corrected chi connectivity index (χ4v) is 1.14. The summed E-state index contributed by atoms with van der Waals surface area (Å²) in [6.45, 7) is 4.93. The fourth-order valence-electron chi connectivity index (χ4n) is 1.14. The van der Waals surface area contributed by atoms with Crippen LogP contribution in [0, 0.1) is 0 Å². The maximum atomic E-state index is 11.0. The fraction of sp³-hybridized carbons (Fsp3) is 0.417. The molecule has 0 aliphatic rings. The van der Waals surface area contributed by atoms with E-state index >= 15 is 0 Å². The lowest BCUT2D eigenvalue weighted by molar-refractivity contribution is -0.114. The molecule has 16 heavy (non-hydrogen) atoms. The smallest absolute Gasteiger partial charge is 0.221 e. The summed E-state index contributed by atoms with van der Waals surface area (Å²) in [5.74, 6) is 0.402. The van der Waals surface area contributed by atoms with Crippen molar-refractivity contribution < 1.29 is 14.6 Å². The average molecular weight is 223 g/mol. The summed E-state index contributed by atoms with van der Waals surface area (Å²) in [6.07, 6.45) is 0. The largest absolute Gasteiger partial charge is 0.488 e. The van der Waals surface area contributed by atoms with E-state index in [0.717, 1.165) is 0 Å². The Morgan fingerprint density at radius 2 is 2.06 bits per heavy atom. The van der Waals surface area contributed by atoms with Crippen molar-refractivity contribution in [1.82, 2.24) is 0 Å². The Balaban J connectivity index is 2.75. The molecule has 88 valence electrons. The first-order valence-corrected chi connectivity index (χ1v) is 5.10. The summed E-state index contributed by atoms with van der Waals surface area (Å²) >= 11 is 0. The van der Waals surface area contributed by atoms with E-state index in [0.29, 0.717) is 11.4 Å². The van der Waals surface area contributed by atoms with Gasteiger partial charge in [-0.15, -0.1) is 0 Å². The third-order valence-electron chi connectivity index (χ3n) is 1.78. The minimum Gasteiger partial charge on any atom is -0.488 e. The van der Waals surface area contributed by atoms with Gasteiger partial charge in [-0.25, -0.2) is 0 Å². The number of ether oxygens (including phenoxy) is 1. The van der Waals surface area contributed by atoms with E-state index in [4.69, 9.17) is 4.74 Å². The molecule has 4 nitrogen and oxygen atoms in total. The monoisotopic (exact) mass is 223 g/mol. The number of aliphatic hydroxyl groups is 1. The molecule has 0 atom stereocenters. The van der Waals surface area contributed by atoms with Gasteiger partial charge in [-0.3, -0.25) is 4.79 Å². The predicted octanol–water partition coefficient (Wildman–Crippen LogP) is 1.79. The van der Waals surface area contributed by atoms with Crippen molar-refractivity contribution in [3.8, 4) is 5.75 Å². The van der Waals surface area contributed by atoms with Crippen LogP contribution in [0.3, 0.4) is 0 Å². The minimum atomic E-state index is -0.899. The van der Waals surface area contributed by atoms with Crippen LogP contribution in [0.25, 0.3) is 0 Å². The third-order valence-corrected chi connectivity index (χ3v) is 1.78. The summed E-state index contributed by atoms with van der Waals surface area (Å²) in [7, 11) is 0. The maximum Gasteiger partial charge on any atom is 0.221 e. The Kier molecular flexibility index (Phi) is 3.90. The normalized spacial score (nSPS) is 11.0. The molecule has 4 heteroatoms. The maximum absolute atomic E-state index is 11.0. The van der Waals surface area contributed by atoms with Crippen molar-refractivity contribution in [1.29, 1.82) is 0 Å². The van der Waals surface area contributed by atoms with Gasteiger partial charge in [0, 0.05) is 6.92 Å².